The van der Waals surface area contributed by atoms with E-state index in [2.05, 4.69) is 0 Å². The van der Waals surface area contributed by atoms with Gasteiger partial charge in [-0.2, -0.15) is 0 Å². The molecule has 0 bridgehead atoms. The molecule has 6 heteroatoms. The van der Waals surface area contributed by atoms with Gasteiger partial charge in [-0.15, -0.1) is 0 Å². The molecule has 0 aliphatic heterocycles. The number of anilines is 2. The second-order valence-electron chi connectivity index (χ2n) is 7.08. The molecular weight excluding hydrogens is 404 g/mol. The molecule has 0 saturated carbocycles. The van der Waals surface area contributed by atoms with Crippen LogP contribution in [-0.4, -0.2) is 11.9 Å². The lowest BCUT2D eigenvalue weighted by Gasteiger charge is -2.08. The second kappa shape index (κ2) is 9.06. The number of carbonyl (C=O) groups is 2. The van der Waals surface area contributed by atoms with Crippen LogP contribution in [0.5, 0.6) is 11.5 Å². The summed E-state index contributed by atoms with van der Waals surface area (Å²) in [7, 11) is 0. The molecule has 0 aliphatic rings. The molecule has 0 spiro atoms. The lowest BCUT2D eigenvalue weighted by atomic mass is 10.0. The van der Waals surface area contributed by atoms with Crippen LogP contribution in [0.15, 0.2) is 97.1 Å². The minimum atomic E-state index is -0.471. The Morgan fingerprint density at radius 3 is 1.25 bits per heavy atom. The molecule has 4 aromatic carbocycles. The molecule has 4 aromatic rings. The van der Waals surface area contributed by atoms with Crippen molar-refractivity contribution in [2.75, 3.05) is 11.5 Å². The molecular formula is C26H20N2O4. The Balaban J connectivity index is 1.42. The zero-order valence-corrected chi connectivity index (χ0v) is 17.0. The number of nitrogen functional groups attached to an aromatic ring is 2. The van der Waals surface area contributed by atoms with Crippen molar-refractivity contribution in [3.63, 3.8) is 0 Å². The van der Waals surface area contributed by atoms with Gasteiger partial charge in [0.25, 0.3) is 0 Å². The predicted octanol–water partition coefficient (Wildman–Crippen LogP) is 4.96. The van der Waals surface area contributed by atoms with Crippen LogP contribution in [-0.2, 0) is 0 Å². The number of nitrogens with two attached hydrogens (primary N) is 2. The van der Waals surface area contributed by atoms with Gasteiger partial charge in [0, 0.05) is 23.5 Å². The van der Waals surface area contributed by atoms with Crippen LogP contribution in [0.25, 0.3) is 11.1 Å². The molecule has 0 saturated heterocycles. The summed E-state index contributed by atoms with van der Waals surface area (Å²) in [5, 5.41) is 0. The molecule has 0 fully saturated rings. The largest absolute Gasteiger partial charge is 0.423 e. The molecule has 0 radical (unpaired) electrons. The number of hydrogen-bond donors (Lipinski definition) is 2. The summed E-state index contributed by atoms with van der Waals surface area (Å²) >= 11 is 0. The van der Waals surface area contributed by atoms with Gasteiger partial charge in [-0.05, 0) is 59.7 Å². The Bertz CT molecular complexity index is 1160. The summed E-state index contributed by atoms with van der Waals surface area (Å²) in [5.74, 6) is -0.164. The van der Waals surface area contributed by atoms with E-state index in [0.717, 1.165) is 11.1 Å². The summed E-state index contributed by atoms with van der Waals surface area (Å²) in [6.07, 6.45) is 0. The molecule has 6 nitrogen and oxygen atoms in total. The maximum atomic E-state index is 12.3. The standard InChI is InChI=1S/C26H20N2O4/c27-21-3-1-5-23(15-21)31-25(29)19-11-7-17(8-12-19)18-9-13-20(14-10-18)26(30)32-24-6-2-4-22(28)16-24/h1-16H,27-28H2. The zero-order valence-electron chi connectivity index (χ0n) is 17.0. The number of rotatable bonds is 5. The highest BCUT2D eigenvalue weighted by atomic mass is 16.5. The average Bonchev–Trinajstić information content (AvgIpc) is 2.79. The number of benzene rings is 4. The van der Waals surface area contributed by atoms with Crippen molar-refractivity contribution in [1.82, 2.24) is 0 Å². The summed E-state index contributed by atoms with van der Waals surface area (Å²) in [4.78, 5) is 24.7. The molecule has 0 aliphatic carbocycles. The van der Waals surface area contributed by atoms with Crippen LogP contribution in [0.3, 0.4) is 0 Å². The maximum Gasteiger partial charge on any atom is 0.343 e. The lowest BCUT2D eigenvalue weighted by molar-refractivity contribution is 0.0725. The van der Waals surface area contributed by atoms with Crippen LogP contribution in [0.4, 0.5) is 11.4 Å². The first-order valence-electron chi connectivity index (χ1n) is 9.84. The predicted molar refractivity (Wildman–Crippen MR) is 124 cm³/mol. The van der Waals surface area contributed by atoms with Crippen LogP contribution in [0.2, 0.25) is 0 Å². The normalized spacial score (nSPS) is 10.4. The van der Waals surface area contributed by atoms with Crippen LogP contribution >= 0.6 is 0 Å². The van der Waals surface area contributed by atoms with Gasteiger partial charge < -0.3 is 20.9 Å². The quantitative estimate of drug-likeness (QED) is 0.267. The van der Waals surface area contributed by atoms with Gasteiger partial charge in [0.05, 0.1) is 11.1 Å². The van der Waals surface area contributed by atoms with Crippen LogP contribution in [0.1, 0.15) is 20.7 Å². The van der Waals surface area contributed by atoms with Crippen molar-refractivity contribution in [2.24, 2.45) is 0 Å². The Morgan fingerprint density at radius 2 is 0.906 bits per heavy atom. The first-order valence-corrected chi connectivity index (χ1v) is 9.84. The first-order chi connectivity index (χ1) is 15.5. The highest BCUT2D eigenvalue weighted by Gasteiger charge is 2.11. The molecule has 4 N–H and O–H groups in total. The van der Waals surface area contributed by atoms with E-state index in [1.165, 1.54) is 0 Å². The topological polar surface area (TPSA) is 105 Å². The van der Waals surface area contributed by atoms with E-state index in [0.29, 0.717) is 34.0 Å². The third kappa shape index (κ3) is 4.94. The molecule has 0 aromatic heterocycles. The van der Waals surface area contributed by atoms with E-state index in [1.54, 1.807) is 72.8 Å². The van der Waals surface area contributed by atoms with Crippen molar-refractivity contribution in [3.8, 4) is 22.6 Å². The zero-order chi connectivity index (χ0) is 22.5. The van der Waals surface area contributed by atoms with Gasteiger partial charge in [-0.25, -0.2) is 9.59 Å². The smallest absolute Gasteiger partial charge is 0.343 e. The van der Waals surface area contributed by atoms with E-state index in [-0.39, 0.29) is 0 Å². The molecule has 0 heterocycles. The van der Waals surface area contributed by atoms with Crippen LogP contribution in [0, 0.1) is 0 Å². The number of carbonyl (C=O) groups excluding carboxylic acids is 2. The van der Waals surface area contributed by atoms with Gasteiger partial charge in [0.1, 0.15) is 11.5 Å². The third-order valence-electron chi connectivity index (χ3n) is 4.71. The summed E-state index contributed by atoms with van der Waals surface area (Å²) in [6.45, 7) is 0. The van der Waals surface area contributed by atoms with Gasteiger partial charge >= 0.3 is 11.9 Å². The van der Waals surface area contributed by atoms with E-state index in [1.807, 2.05) is 24.3 Å². The van der Waals surface area contributed by atoms with Gasteiger partial charge in [0.15, 0.2) is 0 Å². The monoisotopic (exact) mass is 424 g/mol. The van der Waals surface area contributed by atoms with E-state index in [4.69, 9.17) is 20.9 Å². The minimum Gasteiger partial charge on any atom is -0.423 e. The number of esters is 2. The van der Waals surface area contributed by atoms with Crippen molar-refractivity contribution < 1.29 is 19.1 Å². The fraction of sp³-hybridized carbons (Fsp3) is 0. The fourth-order valence-electron chi connectivity index (χ4n) is 3.09. The first kappa shape index (κ1) is 20.7. The number of hydrogen-bond acceptors (Lipinski definition) is 6. The molecule has 4 rings (SSSR count). The highest BCUT2D eigenvalue weighted by Crippen LogP contribution is 2.23. The maximum absolute atomic E-state index is 12.3. The lowest BCUT2D eigenvalue weighted by Crippen LogP contribution is -2.08. The van der Waals surface area contributed by atoms with E-state index < -0.39 is 11.9 Å². The molecule has 0 atom stereocenters. The minimum absolute atomic E-state index is 0.389. The van der Waals surface area contributed by atoms with Crippen molar-refractivity contribution in [1.29, 1.82) is 0 Å². The fourth-order valence-corrected chi connectivity index (χ4v) is 3.09. The summed E-state index contributed by atoms with van der Waals surface area (Å²) < 4.78 is 10.7. The number of ether oxygens (including phenoxy) is 2. The van der Waals surface area contributed by atoms with Crippen molar-refractivity contribution in [3.05, 3.63) is 108 Å². The SMILES string of the molecule is Nc1cccc(OC(=O)c2ccc(-c3ccc(C(=O)Oc4cccc(N)c4)cc3)cc2)c1. The summed E-state index contributed by atoms with van der Waals surface area (Å²) in [5.41, 5.74) is 15.1. The van der Waals surface area contributed by atoms with Crippen molar-refractivity contribution in [2.45, 2.75) is 0 Å². The van der Waals surface area contributed by atoms with Crippen LogP contribution < -0.4 is 20.9 Å². The van der Waals surface area contributed by atoms with Crippen molar-refractivity contribution >= 4 is 23.3 Å². The summed E-state index contributed by atoms with van der Waals surface area (Å²) in [6, 6.07) is 27.4. The molecule has 32 heavy (non-hydrogen) atoms. The van der Waals surface area contributed by atoms with Gasteiger partial charge in [-0.3, -0.25) is 0 Å². The van der Waals surface area contributed by atoms with Gasteiger partial charge in [0.2, 0.25) is 0 Å². The molecule has 0 amide bonds. The Kier molecular flexibility index (Phi) is 5.85. The Morgan fingerprint density at radius 1 is 0.531 bits per heavy atom. The third-order valence-corrected chi connectivity index (χ3v) is 4.71. The highest BCUT2D eigenvalue weighted by molar-refractivity contribution is 5.93. The van der Waals surface area contributed by atoms with E-state index in [9.17, 15) is 9.59 Å². The van der Waals surface area contributed by atoms with E-state index >= 15 is 0 Å². The Hall–Kier alpha value is -4.58. The van der Waals surface area contributed by atoms with Gasteiger partial charge in [-0.1, -0.05) is 36.4 Å². The molecule has 158 valence electrons. The average molecular weight is 424 g/mol. The molecule has 0 unspecified atom stereocenters. The second-order valence-corrected chi connectivity index (χ2v) is 7.08. The Labute approximate surface area is 185 Å².